The fourth-order valence-electron chi connectivity index (χ4n) is 3.65. The summed E-state index contributed by atoms with van der Waals surface area (Å²) in [5, 5.41) is 2.68. The zero-order valence-electron chi connectivity index (χ0n) is 15.5. The second-order valence-corrected chi connectivity index (χ2v) is 10.2. The van der Waals surface area contributed by atoms with E-state index in [1.807, 2.05) is 0 Å². The summed E-state index contributed by atoms with van der Waals surface area (Å²) < 4.78 is 0. The van der Waals surface area contributed by atoms with Gasteiger partial charge in [-0.3, -0.25) is 0 Å². The van der Waals surface area contributed by atoms with Gasteiger partial charge in [0.1, 0.15) is 0 Å². The van der Waals surface area contributed by atoms with Crippen LogP contribution in [0.2, 0.25) is 0 Å². The van der Waals surface area contributed by atoms with Gasteiger partial charge in [0.25, 0.3) is 0 Å². The Hall–Kier alpha value is -1.27. The molecule has 136 valence electrons. The van der Waals surface area contributed by atoms with Crippen LogP contribution in [0.4, 0.5) is 0 Å². The summed E-state index contributed by atoms with van der Waals surface area (Å²) in [4.78, 5) is 0. The van der Waals surface area contributed by atoms with Crippen molar-refractivity contribution in [2.24, 2.45) is 0 Å². The first kappa shape index (κ1) is 20.5. The fraction of sp³-hybridized carbons (Fsp3) is 0.125. The summed E-state index contributed by atoms with van der Waals surface area (Å²) in [5.74, 6) is 0. The van der Waals surface area contributed by atoms with E-state index in [0.717, 1.165) is 6.42 Å². The molecule has 0 unspecified atom stereocenters. The van der Waals surface area contributed by atoms with Crippen molar-refractivity contribution >= 4 is 27.8 Å². The van der Waals surface area contributed by atoms with Crippen LogP contribution < -0.4 is 0 Å². The molecule has 0 fully saturated rings. The molecule has 0 bridgehead atoms. The van der Waals surface area contributed by atoms with Crippen LogP contribution in [-0.4, -0.2) is 0 Å². The SMILES string of the molecule is CCc1ccccc1-c1c(-c2ccccc2)ccc2[cH-]c(C)cc12.[Cl][Zr][Cl]. The monoisotopic (exact) mass is 469 g/mol. The predicted molar refractivity (Wildman–Crippen MR) is 116 cm³/mol. The Bertz CT molecular complexity index is 1020. The van der Waals surface area contributed by atoms with E-state index in [1.54, 1.807) is 0 Å². The average molecular weight is 472 g/mol. The normalized spacial score (nSPS) is 10.4. The number of rotatable bonds is 3. The minimum absolute atomic E-state index is 0.826. The van der Waals surface area contributed by atoms with Crippen LogP contribution in [0.3, 0.4) is 0 Å². The van der Waals surface area contributed by atoms with Crippen LogP contribution in [0.5, 0.6) is 0 Å². The standard InChI is InChI=1S/C24H21.2ClH.Zr/c1-3-18-9-7-8-12-21(18)24-22(19-10-5-4-6-11-19)14-13-20-15-17(2)16-23(20)24;;;/h4-16H,3H2,1-2H3;2*1H;/q-1;;;+2/p-2. The van der Waals surface area contributed by atoms with Crippen LogP contribution in [-0.2, 0) is 27.3 Å². The van der Waals surface area contributed by atoms with Crippen molar-refractivity contribution in [3.63, 3.8) is 0 Å². The van der Waals surface area contributed by atoms with Crippen molar-refractivity contribution in [2.75, 3.05) is 0 Å². The van der Waals surface area contributed by atoms with Crippen molar-refractivity contribution in [3.05, 3.63) is 90.0 Å². The van der Waals surface area contributed by atoms with E-state index in [4.69, 9.17) is 17.0 Å². The fourth-order valence-corrected chi connectivity index (χ4v) is 3.65. The Morgan fingerprint density at radius 2 is 1.52 bits per heavy atom. The van der Waals surface area contributed by atoms with Gasteiger partial charge in [0.05, 0.1) is 0 Å². The number of fused-ring (bicyclic) bond motifs is 1. The predicted octanol–water partition coefficient (Wildman–Crippen LogP) is 8.14. The molecule has 0 spiro atoms. The van der Waals surface area contributed by atoms with Crippen LogP contribution >= 0.6 is 17.0 Å². The molecule has 0 aliphatic carbocycles. The maximum atomic E-state index is 4.93. The van der Waals surface area contributed by atoms with E-state index < -0.39 is 20.8 Å². The molecule has 0 saturated carbocycles. The molecule has 0 amide bonds. The van der Waals surface area contributed by atoms with E-state index in [2.05, 4.69) is 92.7 Å². The molecule has 0 heterocycles. The third-order valence-electron chi connectivity index (χ3n) is 4.79. The van der Waals surface area contributed by atoms with Crippen molar-refractivity contribution in [1.82, 2.24) is 0 Å². The third kappa shape index (κ3) is 4.60. The second-order valence-electron chi connectivity index (χ2n) is 6.47. The summed E-state index contributed by atoms with van der Waals surface area (Å²) in [6.07, 6.45) is 1.04. The molecule has 4 aromatic carbocycles. The number of benzene rings is 3. The molecule has 27 heavy (non-hydrogen) atoms. The molecule has 0 saturated heterocycles. The van der Waals surface area contributed by atoms with Crippen molar-refractivity contribution in [3.8, 4) is 22.3 Å². The number of halogens is 2. The van der Waals surface area contributed by atoms with E-state index in [0.29, 0.717) is 0 Å². The summed E-state index contributed by atoms with van der Waals surface area (Å²) in [6, 6.07) is 28.7. The first-order valence-corrected chi connectivity index (χ1v) is 15.3. The van der Waals surface area contributed by atoms with Gasteiger partial charge in [-0.2, -0.15) is 6.07 Å². The van der Waals surface area contributed by atoms with Gasteiger partial charge in [-0.1, -0.05) is 80.1 Å². The quantitative estimate of drug-likeness (QED) is 0.265. The maximum absolute atomic E-state index is 4.93. The number of hydrogen-bond donors (Lipinski definition) is 0. The Balaban J connectivity index is 0.000000659. The van der Waals surface area contributed by atoms with Crippen LogP contribution in [0.1, 0.15) is 18.1 Å². The molecule has 0 N–H and O–H groups in total. The molecule has 0 aliphatic heterocycles. The summed E-state index contributed by atoms with van der Waals surface area (Å²) in [5.41, 5.74) is 8.04. The van der Waals surface area contributed by atoms with Gasteiger partial charge in [-0.25, -0.2) is 0 Å². The second kappa shape index (κ2) is 9.78. The summed E-state index contributed by atoms with van der Waals surface area (Å²) in [6.45, 7) is 4.41. The van der Waals surface area contributed by atoms with E-state index in [9.17, 15) is 0 Å². The molecule has 0 radical (unpaired) electrons. The van der Waals surface area contributed by atoms with E-state index in [-0.39, 0.29) is 0 Å². The third-order valence-corrected chi connectivity index (χ3v) is 4.79. The molecule has 4 rings (SSSR count). The van der Waals surface area contributed by atoms with Crippen LogP contribution in [0.25, 0.3) is 33.0 Å². The molecular formula is C24H21Cl2Zr-. The number of aryl methyl sites for hydroxylation is 2. The van der Waals surface area contributed by atoms with E-state index in [1.165, 1.54) is 44.2 Å². The topological polar surface area (TPSA) is 0 Å². The molecule has 0 aromatic heterocycles. The van der Waals surface area contributed by atoms with Gasteiger partial charge >= 0.3 is 37.9 Å². The van der Waals surface area contributed by atoms with Gasteiger partial charge in [0, 0.05) is 0 Å². The molecule has 0 aliphatic rings. The van der Waals surface area contributed by atoms with Crippen molar-refractivity contribution in [2.45, 2.75) is 20.3 Å². The molecule has 0 atom stereocenters. The molecule has 0 nitrogen and oxygen atoms in total. The van der Waals surface area contributed by atoms with Crippen LogP contribution in [0.15, 0.2) is 78.9 Å². The molecular weight excluding hydrogens is 450 g/mol. The zero-order valence-corrected chi connectivity index (χ0v) is 19.4. The number of hydrogen-bond acceptors (Lipinski definition) is 0. The van der Waals surface area contributed by atoms with Crippen LogP contribution in [0, 0.1) is 6.92 Å². The Morgan fingerprint density at radius 1 is 0.852 bits per heavy atom. The van der Waals surface area contributed by atoms with Gasteiger partial charge in [-0.05, 0) is 28.7 Å². The summed E-state index contributed by atoms with van der Waals surface area (Å²) >= 11 is -0.826. The van der Waals surface area contributed by atoms with Crippen molar-refractivity contribution in [1.29, 1.82) is 0 Å². The van der Waals surface area contributed by atoms with Gasteiger partial charge in [0.2, 0.25) is 0 Å². The van der Waals surface area contributed by atoms with Crippen molar-refractivity contribution < 1.29 is 20.8 Å². The molecule has 3 heteroatoms. The van der Waals surface area contributed by atoms with Gasteiger partial charge in [0.15, 0.2) is 0 Å². The van der Waals surface area contributed by atoms with Gasteiger partial charge < -0.3 is 0 Å². The van der Waals surface area contributed by atoms with Gasteiger partial charge in [-0.15, -0.1) is 28.5 Å². The van der Waals surface area contributed by atoms with E-state index >= 15 is 0 Å². The average Bonchev–Trinajstić information content (AvgIpc) is 3.08. The molecule has 4 aromatic rings. The first-order chi connectivity index (χ1) is 13.2. The zero-order chi connectivity index (χ0) is 19.2. The Kier molecular flexibility index (Phi) is 7.42. The first-order valence-electron chi connectivity index (χ1n) is 8.99. The summed E-state index contributed by atoms with van der Waals surface area (Å²) in [7, 11) is 9.87. The minimum atomic E-state index is -0.826. The Labute approximate surface area is 180 Å². The Morgan fingerprint density at radius 3 is 2.22 bits per heavy atom.